The minimum Gasteiger partial charge on any atom is -0.345 e. The predicted octanol–water partition coefficient (Wildman–Crippen LogP) is 4.40. The normalized spacial score (nSPS) is 14.5. The third-order valence-corrected chi connectivity index (χ3v) is 6.76. The van der Waals surface area contributed by atoms with Gasteiger partial charge in [-0.1, -0.05) is 31.2 Å². The Morgan fingerprint density at radius 1 is 1.13 bits per heavy atom. The van der Waals surface area contributed by atoms with E-state index in [-0.39, 0.29) is 18.5 Å². The van der Waals surface area contributed by atoms with Crippen LogP contribution < -0.4 is 9.62 Å². The fourth-order valence-corrected chi connectivity index (χ4v) is 4.84. The van der Waals surface area contributed by atoms with Crippen molar-refractivity contribution in [3.63, 3.8) is 0 Å². The fraction of sp³-hybridized carbons (Fsp3) is 0.375. The molecule has 0 aliphatic heterocycles. The molecule has 1 N–H and O–H groups in total. The first kappa shape index (κ1) is 22.1. The van der Waals surface area contributed by atoms with Crippen LogP contribution in [0.2, 0.25) is 0 Å². The Morgan fingerprint density at radius 2 is 1.80 bits per heavy atom. The zero-order chi connectivity index (χ0) is 21.7. The van der Waals surface area contributed by atoms with Crippen LogP contribution in [0.1, 0.15) is 59.3 Å². The molecule has 160 valence electrons. The highest BCUT2D eigenvalue weighted by atomic mass is 32.2. The molecule has 30 heavy (non-hydrogen) atoms. The van der Waals surface area contributed by atoms with Crippen LogP contribution in [0, 0.1) is 0 Å². The van der Waals surface area contributed by atoms with Crippen LogP contribution in [0.3, 0.4) is 0 Å². The summed E-state index contributed by atoms with van der Waals surface area (Å²) in [5.74, 6) is -0.166. The molecule has 1 aliphatic rings. The standard InChI is InChI=1S/C24H30N2O3S/c1-4-16-26(30(3,28)29)22-14-12-19(13-15-22)24(27)25-23(5-2)21-11-10-18-8-6-7-9-20(18)17-21/h4,10-15,17,23H,1,5-9,16H2,2-3H3,(H,25,27). The molecule has 0 saturated heterocycles. The van der Waals surface area contributed by atoms with E-state index in [2.05, 4.69) is 37.0 Å². The van der Waals surface area contributed by atoms with Crippen LogP contribution in [0.25, 0.3) is 0 Å². The van der Waals surface area contributed by atoms with E-state index in [0.29, 0.717) is 11.3 Å². The fourth-order valence-electron chi connectivity index (χ4n) is 3.96. The molecule has 0 spiro atoms. The van der Waals surface area contributed by atoms with Gasteiger partial charge in [-0.25, -0.2) is 8.42 Å². The second-order valence-electron chi connectivity index (χ2n) is 7.80. The van der Waals surface area contributed by atoms with E-state index in [0.717, 1.165) is 31.1 Å². The Labute approximate surface area is 179 Å². The van der Waals surface area contributed by atoms with Crippen LogP contribution in [0.15, 0.2) is 55.1 Å². The highest BCUT2D eigenvalue weighted by molar-refractivity contribution is 7.92. The summed E-state index contributed by atoms with van der Waals surface area (Å²) < 4.78 is 25.2. The van der Waals surface area contributed by atoms with Crippen molar-refractivity contribution in [3.8, 4) is 0 Å². The van der Waals surface area contributed by atoms with Gasteiger partial charge in [-0.2, -0.15) is 0 Å². The Balaban J connectivity index is 1.75. The summed E-state index contributed by atoms with van der Waals surface area (Å²) in [7, 11) is -3.42. The minimum atomic E-state index is -3.42. The van der Waals surface area contributed by atoms with Crippen molar-refractivity contribution in [1.29, 1.82) is 0 Å². The van der Waals surface area contributed by atoms with Crippen LogP contribution in [-0.2, 0) is 22.9 Å². The Hall–Kier alpha value is -2.60. The first-order valence-electron chi connectivity index (χ1n) is 10.4. The topological polar surface area (TPSA) is 66.5 Å². The van der Waals surface area contributed by atoms with E-state index in [1.54, 1.807) is 24.3 Å². The molecule has 3 rings (SSSR count). The molecule has 6 heteroatoms. The summed E-state index contributed by atoms with van der Waals surface area (Å²) in [5.41, 5.74) is 4.98. The number of amides is 1. The molecule has 5 nitrogen and oxygen atoms in total. The summed E-state index contributed by atoms with van der Waals surface area (Å²) in [5, 5.41) is 3.12. The maximum Gasteiger partial charge on any atom is 0.251 e. The molecule has 2 aromatic carbocycles. The molecule has 0 heterocycles. The summed E-state index contributed by atoms with van der Waals surface area (Å²) in [6, 6.07) is 13.1. The average Bonchev–Trinajstić information content (AvgIpc) is 2.74. The van der Waals surface area contributed by atoms with Crippen molar-refractivity contribution < 1.29 is 13.2 Å². The van der Waals surface area contributed by atoms with E-state index in [9.17, 15) is 13.2 Å². The molecule has 1 unspecified atom stereocenters. The van der Waals surface area contributed by atoms with Gasteiger partial charge in [0.25, 0.3) is 5.91 Å². The third kappa shape index (κ3) is 5.11. The van der Waals surface area contributed by atoms with Crippen LogP contribution in [-0.4, -0.2) is 27.1 Å². The van der Waals surface area contributed by atoms with Crippen molar-refractivity contribution >= 4 is 21.6 Å². The predicted molar refractivity (Wildman–Crippen MR) is 122 cm³/mol. The molecule has 1 amide bonds. The van der Waals surface area contributed by atoms with Crippen molar-refractivity contribution in [3.05, 3.63) is 77.4 Å². The first-order chi connectivity index (χ1) is 14.3. The van der Waals surface area contributed by atoms with Gasteiger partial charge in [0.1, 0.15) is 0 Å². The zero-order valence-electron chi connectivity index (χ0n) is 17.7. The number of hydrogen-bond acceptors (Lipinski definition) is 3. The molecular weight excluding hydrogens is 396 g/mol. The number of carbonyl (C=O) groups is 1. The number of benzene rings is 2. The van der Waals surface area contributed by atoms with E-state index in [4.69, 9.17) is 0 Å². The van der Waals surface area contributed by atoms with E-state index >= 15 is 0 Å². The Morgan fingerprint density at radius 3 is 2.40 bits per heavy atom. The number of aryl methyl sites for hydroxylation is 2. The number of rotatable bonds is 8. The zero-order valence-corrected chi connectivity index (χ0v) is 18.5. The van der Waals surface area contributed by atoms with Crippen LogP contribution in [0.4, 0.5) is 5.69 Å². The number of carbonyl (C=O) groups excluding carboxylic acids is 1. The molecule has 0 aromatic heterocycles. The molecule has 1 atom stereocenters. The maximum atomic E-state index is 12.8. The molecule has 0 radical (unpaired) electrons. The number of hydrogen-bond donors (Lipinski definition) is 1. The molecule has 0 bridgehead atoms. The smallest absolute Gasteiger partial charge is 0.251 e. The summed E-state index contributed by atoms with van der Waals surface area (Å²) >= 11 is 0. The molecular formula is C24H30N2O3S. The van der Waals surface area contributed by atoms with Gasteiger partial charge >= 0.3 is 0 Å². The van der Waals surface area contributed by atoms with Crippen LogP contribution >= 0.6 is 0 Å². The quantitative estimate of drug-likeness (QED) is 0.636. The van der Waals surface area contributed by atoms with E-state index in [1.165, 1.54) is 34.3 Å². The largest absolute Gasteiger partial charge is 0.345 e. The first-order valence-corrected chi connectivity index (χ1v) is 12.3. The maximum absolute atomic E-state index is 12.8. The van der Waals surface area contributed by atoms with E-state index < -0.39 is 10.0 Å². The van der Waals surface area contributed by atoms with Gasteiger partial charge in [-0.3, -0.25) is 9.10 Å². The lowest BCUT2D eigenvalue weighted by Crippen LogP contribution is -2.30. The number of sulfonamides is 1. The molecule has 1 aliphatic carbocycles. The summed E-state index contributed by atoms with van der Waals surface area (Å²) in [6.07, 6.45) is 8.21. The molecule has 2 aromatic rings. The van der Waals surface area contributed by atoms with Crippen molar-refractivity contribution in [2.24, 2.45) is 0 Å². The van der Waals surface area contributed by atoms with Gasteiger partial charge in [-0.05, 0) is 73.1 Å². The van der Waals surface area contributed by atoms with Gasteiger partial charge in [0, 0.05) is 5.56 Å². The number of anilines is 1. The van der Waals surface area contributed by atoms with Gasteiger partial charge < -0.3 is 5.32 Å². The second-order valence-corrected chi connectivity index (χ2v) is 9.71. The lowest BCUT2D eigenvalue weighted by molar-refractivity contribution is 0.0935. The summed E-state index contributed by atoms with van der Waals surface area (Å²) in [4.78, 5) is 12.8. The van der Waals surface area contributed by atoms with Crippen molar-refractivity contribution in [2.75, 3.05) is 17.1 Å². The number of nitrogens with zero attached hydrogens (tertiary/aromatic N) is 1. The summed E-state index contributed by atoms with van der Waals surface area (Å²) in [6.45, 7) is 5.86. The average molecular weight is 427 g/mol. The minimum absolute atomic E-state index is 0.0577. The van der Waals surface area contributed by atoms with Gasteiger partial charge in [0.15, 0.2) is 0 Å². The van der Waals surface area contributed by atoms with Gasteiger partial charge in [-0.15, -0.1) is 6.58 Å². The van der Waals surface area contributed by atoms with Gasteiger partial charge in [0.05, 0.1) is 24.5 Å². The second kappa shape index (κ2) is 9.47. The lowest BCUT2D eigenvalue weighted by atomic mass is 9.88. The lowest BCUT2D eigenvalue weighted by Gasteiger charge is -2.22. The van der Waals surface area contributed by atoms with E-state index in [1.807, 2.05) is 0 Å². The van der Waals surface area contributed by atoms with Crippen LogP contribution in [0.5, 0.6) is 0 Å². The highest BCUT2D eigenvalue weighted by Gasteiger charge is 2.19. The van der Waals surface area contributed by atoms with Crippen molar-refractivity contribution in [1.82, 2.24) is 5.32 Å². The number of fused-ring (bicyclic) bond motifs is 1. The molecule has 0 fully saturated rings. The third-order valence-electron chi connectivity index (χ3n) is 5.60. The number of nitrogens with one attached hydrogen (secondary N) is 1. The SMILES string of the molecule is C=CCN(c1ccc(C(=O)NC(CC)c2ccc3c(c2)CCCC3)cc1)S(C)(=O)=O. The Kier molecular flexibility index (Phi) is 6.98. The van der Waals surface area contributed by atoms with Crippen molar-refractivity contribution in [2.45, 2.75) is 45.1 Å². The van der Waals surface area contributed by atoms with Gasteiger partial charge in [0.2, 0.25) is 10.0 Å². The highest BCUT2D eigenvalue weighted by Crippen LogP contribution is 2.26. The Bertz CT molecular complexity index is 1010. The molecule has 0 saturated carbocycles. The monoisotopic (exact) mass is 426 g/mol.